The summed E-state index contributed by atoms with van der Waals surface area (Å²) in [6.45, 7) is 0.246. The summed E-state index contributed by atoms with van der Waals surface area (Å²) in [5.74, 6) is -0.606. The number of aromatic nitrogens is 4. The Hall–Kier alpha value is -5.90. The number of fused-ring (bicyclic) bond motifs is 1. The van der Waals surface area contributed by atoms with Gasteiger partial charge in [0.25, 0.3) is 5.91 Å². The third-order valence-electron chi connectivity index (χ3n) is 6.85. The summed E-state index contributed by atoms with van der Waals surface area (Å²) in [5, 5.41) is 13.4. The lowest BCUT2D eigenvalue weighted by molar-refractivity contribution is 0.0951. The van der Waals surface area contributed by atoms with Crippen LogP contribution in [-0.2, 0) is 6.54 Å². The largest absolute Gasteiger partial charge is 0.507 e. The van der Waals surface area contributed by atoms with E-state index in [0.717, 1.165) is 39.6 Å². The highest BCUT2D eigenvalue weighted by molar-refractivity contribution is 5.96. The van der Waals surface area contributed by atoms with Gasteiger partial charge in [-0.2, -0.15) is 0 Å². The van der Waals surface area contributed by atoms with Gasteiger partial charge >= 0.3 is 0 Å². The Balaban J connectivity index is 1.35. The van der Waals surface area contributed by atoms with Crippen molar-refractivity contribution in [2.45, 2.75) is 6.54 Å². The van der Waals surface area contributed by atoms with E-state index in [4.69, 9.17) is 5.73 Å². The number of carbonyl (C=O) groups excluding carboxylic acids is 2. The molecule has 0 aliphatic heterocycles. The zero-order valence-corrected chi connectivity index (χ0v) is 22.0. The molecule has 0 spiro atoms. The van der Waals surface area contributed by atoms with E-state index in [2.05, 4.69) is 20.3 Å². The van der Waals surface area contributed by atoms with E-state index >= 15 is 0 Å². The molecule has 2 aromatic carbocycles. The molecule has 0 unspecified atom stereocenters. The number of rotatable bonds is 7. The van der Waals surface area contributed by atoms with Crippen LogP contribution in [0.25, 0.3) is 39.2 Å². The molecule has 0 atom stereocenters. The molecule has 6 aromatic rings. The summed E-state index contributed by atoms with van der Waals surface area (Å²) in [4.78, 5) is 36.7. The van der Waals surface area contributed by atoms with Crippen molar-refractivity contribution in [2.24, 2.45) is 0 Å². The molecular weight excluding hydrogens is 535 g/mol. The van der Waals surface area contributed by atoms with Crippen molar-refractivity contribution in [3.05, 3.63) is 120 Å². The van der Waals surface area contributed by atoms with Crippen LogP contribution in [0.5, 0.6) is 5.75 Å². The smallest absolute Gasteiger partial charge is 0.251 e. The molecule has 4 heterocycles. The van der Waals surface area contributed by atoms with Crippen LogP contribution in [0.15, 0.2) is 97.5 Å². The molecule has 0 fully saturated rings. The van der Waals surface area contributed by atoms with Gasteiger partial charge in [-0.05, 0) is 72.3 Å². The number of aromatic hydroxyl groups is 1. The van der Waals surface area contributed by atoms with Crippen molar-refractivity contribution in [3.63, 3.8) is 0 Å². The zero-order valence-electron chi connectivity index (χ0n) is 22.0. The van der Waals surface area contributed by atoms with E-state index in [1.54, 1.807) is 18.5 Å². The maximum Gasteiger partial charge on any atom is 0.251 e. The van der Waals surface area contributed by atoms with Gasteiger partial charge in [0, 0.05) is 41.1 Å². The number of hydrogen-bond acceptors (Lipinski definition) is 7. The third-order valence-corrected chi connectivity index (χ3v) is 6.85. The molecule has 0 saturated carbocycles. The molecule has 1 amide bonds. The molecule has 42 heavy (non-hydrogen) atoms. The van der Waals surface area contributed by atoms with Gasteiger partial charge in [0.1, 0.15) is 17.4 Å². The molecule has 0 aliphatic rings. The van der Waals surface area contributed by atoms with Crippen LogP contribution >= 0.6 is 0 Å². The molecule has 0 radical (unpaired) electrons. The van der Waals surface area contributed by atoms with Gasteiger partial charge in [-0.3, -0.25) is 19.6 Å². The first-order valence-electron chi connectivity index (χ1n) is 12.9. The Morgan fingerprint density at radius 3 is 2.50 bits per heavy atom. The minimum Gasteiger partial charge on any atom is -0.507 e. The van der Waals surface area contributed by atoms with Crippen LogP contribution in [0.3, 0.4) is 0 Å². The van der Waals surface area contributed by atoms with Crippen LogP contribution in [0.2, 0.25) is 0 Å². The topological polar surface area (TPSA) is 136 Å². The van der Waals surface area contributed by atoms with Gasteiger partial charge in [0.15, 0.2) is 6.29 Å². The minimum atomic E-state index is -0.428. The molecule has 10 heteroatoms. The predicted molar refractivity (Wildman–Crippen MR) is 157 cm³/mol. The second-order valence-electron chi connectivity index (χ2n) is 9.53. The molecule has 206 valence electrons. The minimum absolute atomic E-state index is 0.0459. The van der Waals surface area contributed by atoms with Gasteiger partial charge in [-0.1, -0.05) is 12.1 Å². The molecule has 9 nitrogen and oxygen atoms in total. The molecule has 0 aliphatic carbocycles. The fourth-order valence-electron chi connectivity index (χ4n) is 4.72. The number of aldehydes is 1. The van der Waals surface area contributed by atoms with Gasteiger partial charge in [-0.25, -0.2) is 9.37 Å². The first-order chi connectivity index (χ1) is 20.4. The third kappa shape index (κ3) is 5.04. The lowest BCUT2D eigenvalue weighted by Crippen LogP contribution is -2.22. The summed E-state index contributed by atoms with van der Waals surface area (Å²) in [7, 11) is 0. The Labute approximate surface area is 239 Å². The number of anilines is 1. The van der Waals surface area contributed by atoms with E-state index in [1.165, 1.54) is 24.3 Å². The number of nitrogens with one attached hydrogen (secondary N) is 1. The molecular formula is C32H23FN6O3. The number of pyridine rings is 3. The summed E-state index contributed by atoms with van der Waals surface area (Å²) < 4.78 is 15.5. The lowest BCUT2D eigenvalue weighted by atomic mass is 10.1. The van der Waals surface area contributed by atoms with Crippen molar-refractivity contribution >= 4 is 28.9 Å². The molecule has 4 aromatic heterocycles. The highest BCUT2D eigenvalue weighted by atomic mass is 19.1. The fourth-order valence-corrected chi connectivity index (χ4v) is 4.72. The number of halogens is 1. The molecule has 6 rings (SSSR count). The Kier molecular flexibility index (Phi) is 6.85. The van der Waals surface area contributed by atoms with E-state index in [1.807, 2.05) is 53.1 Å². The molecule has 0 bridgehead atoms. The number of phenols is 1. The highest BCUT2D eigenvalue weighted by Gasteiger charge is 2.17. The second-order valence-corrected chi connectivity index (χ2v) is 9.53. The quantitative estimate of drug-likeness (QED) is 0.226. The average molecular weight is 559 g/mol. The Morgan fingerprint density at radius 1 is 0.952 bits per heavy atom. The summed E-state index contributed by atoms with van der Waals surface area (Å²) in [6, 6.07) is 22.3. The summed E-state index contributed by atoms with van der Waals surface area (Å²) >= 11 is 0. The second kappa shape index (κ2) is 10.9. The van der Waals surface area contributed by atoms with Crippen LogP contribution in [0, 0.1) is 5.82 Å². The normalized spacial score (nSPS) is 11.0. The van der Waals surface area contributed by atoms with Gasteiger partial charge in [0.2, 0.25) is 0 Å². The highest BCUT2D eigenvalue weighted by Crippen LogP contribution is 2.35. The number of nitrogens with two attached hydrogens (primary N) is 1. The molecule has 0 saturated heterocycles. The zero-order chi connectivity index (χ0) is 29.2. The predicted octanol–water partition coefficient (Wildman–Crippen LogP) is 5.32. The van der Waals surface area contributed by atoms with Crippen molar-refractivity contribution in [2.75, 3.05) is 5.73 Å². The van der Waals surface area contributed by atoms with Gasteiger partial charge in [-0.15, -0.1) is 0 Å². The maximum absolute atomic E-state index is 13.5. The van der Waals surface area contributed by atoms with Crippen molar-refractivity contribution < 1.29 is 19.1 Å². The first kappa shape index (κ1) is 26.3. The SMILES string of the molecule is Nc1ncccc1-c1cc2cnc(-c3ccc(F)cn3)cc2n1-c1ccc(CNC(=O)c2ccc(O)c(C=O)c2)cc1. The fraction of sp³-hybridized carbons (Fsp3) is 0.0312. The van der Waals surface area contributed by atoms with Crippen LogP contribution in [0.1, 0.15) is 26.3 Å². The van der Waals surface area contributed by atoms with Crippen molar-refractivity contribution in [3.8, 4) is 34.1 Å². The summed E-state index contributed by atoms with van der Waals surface area (Å²) in [6.07, 6.45) is 5.03. The number of amides is 1. The van der Waals surface area contributed by atoms with E-state index in [9.17, 15) is 19.1 Å². The summed E-state index contributed by atoms with van der Waals surface area (Å²) in [5.41, 5.74) is 11.8. The lowest BCUT2D eigenvalue weighted by Gasteiger charge is -2.14. The first-order valence-corrected chi connectivity index (χ1v) is 12.9. The maximum atomic E-state index is 13.5. The van der Waals surface area contributed by atoms with E-state index in [-0.39, 0.29) is 29.3 Å². The average Bonchev–Trinajstić information content (AvgIpc) is 3.39. The van der Waals surface area contributed by atoms with Crippen LogP contribution < -0.4 is 11.1 Å². The number of carbonyl (C=O) groups is 2. The molecule has 4 N–H and O–H groups in total. The Bertz CT molecular complexity index is 1950. The number of nitrogens with zero attached hydrogens (tertiary/aromatic N) is 4. The van der Waals surface area contributed by atoms with Gasteiger partial charge in [0.05, 0.1) is 34.4 Å². The van der Waals surface area contributed by atoms with Crippen molar-refractivity contribution in [1.29, 1.82) is 0 Å². The number of phenolic OH excluding ortho intramolecular Hbond substituents is 1. The standard InChI is InChI=1S/C32H23FN6O3/c33-23-6-9-26(37-17-23)27-14-28-21(16-36-27)13-29(25-2-1-11-35-31(25)34)39(28)24-7-3-19(4-8-24)15-38-32(42)20-5-10-30(41)22(12-20)18-40/h1-14,16-18,41H,15H2,(H2,34,35)(H,38,42). The van der Waals surface area contributed by atoms with Crippen LogP contribution in [0.4, 0.5) is 10.2 Å². The number of nitrogen functional groups attached to an aromatic ring is 1. The Morgan fingerprint density at radius 2 is 1.76 bits per heavy atom. The van der Waals surface area contributed by atoms with Crippen molar-refractivity contribution in [1.82, 2.24) is 24.8 Å². The monoisotopic (exact) mass is 558 g/mol. The van der Waals surface area contributed by atoms with E-state index in [0.29, 0.717) is 23.5 Å². The number of hydrogen-bond donors (Lipinski definition) is 3. The van der Waals surface area contributed by atoms with Crippen LogP contribution in [-0.4, -0.2) is 36.8 Å². The number of benzene rings is 2. The van der Waals surface area contributed by atoms with E-state index < -0.39 is 5.82 Å². The van der Waals surface area contributed by atoms with Gasteiger partial charge < -0.3 is 20.7 Å².